The number of hydrogen-bond donors (Lipinski definition) is 1. The summed E-state index contributed by atoms with van der Waals surface area (Å²) in [5.74, 6) is 0.921. The molecule has 100 valence electrons. The molecule has 0 aromatic heterocycles. The topological polar surface area (TPSA) is 57.6 Å². The van der Waals surface area contributed by atoms with Crippen LogP contribution in [0, 0.1) is 0 Å². The lowest BCUT2D eigenvalue weighted by atomic mass is 10.3. The van der Waals surface area contributed by atoms with Crippen LogP contribution in [0.15, 0.2) is 29.2 Å². The molecule has 1 unspecified atom stereocenters. The van der Waals surface area contributed by atoms with Crippen molar-refractivity contribution < 1.29 is 13.5 Å². The van der Waals surface area contributed by atoms with Gasteiger partial charge in [0.15, 0.2) is 0 Å². The average molecular weight is 287 g/mol. The summed E-state index contributed by atoms with van der Waals surface area (Å²) in [5.41, 5.74) is 0. The van der Waals surface area contributed by atoms with Crippen molar-refractivity contribution in [2.75, 3.05) is 18.8 Å². The van der Waals surface area contributed by atoms with Crippen molar-refractivity contribution in [3.63, 3.8) is 0 Å². The number of thioether (sulfide) groups is 1. The molecular formula is C12H17NO3S2. The summed E-state index contributed by atoms with van der Waals surface area (Å²) in [6.07, 6.45) is 0.978. The smallest absolute Gasteiger partial charge is 0.243 e. The van der Waals surface area contributed by atoms with Gasteiger partial charge < -0.3 is 5.11 Å². The van der Waals surface area contributed by atoms with Gasteiger partial charge in [0.05, 0.1) is 4.90 Å². The van der Waals surface area contributed by atoms with Crippen molar-refractivity contribution in [1.82, 2.24) is 4.31 Å². The van der Waals surface area contributed by atoms with Gasteiger partial charge in [0, 0.05) is 24.1 Å². The number of phenols is 1. The predicted octanol–water partition coefficient (Wildman–Crippen LogP) is 1.91. The van der Waals surface area contributed by atoms with Gasteiger partial charge in [-0.1, -0.05) is 6.92 Å². The molecule has 1 aromatic carbocycles. The number of nitrogens with zero attached hydrogens (tertiary/aromatic N) is 1. The molecule has 4 nitrogen and oxygen atoms in total. The third kappa shape index (κ3) is 2.81. The number of sulfonamides is 1. The summed E-state index contributed by atoms with van der Waals surface area (Å²) >= 11 is 1.83. The van der Waals surface area contributed by atoms with Crippen LogP contribution < -0.4 is 0 Å². The molecule has 1 saturated heterocycles. The maximum atomic E-state index is 12.4. The molecular weight excluding hydrogens is 270 g/mol. The highest BCUT2D eigenvalue weighted by molar-refractivity contribution is 8.00. The molecule has 1 aliphatic rings. The van der Waals surface area contributed by atoms with Gasteiger partial charge in [0.1, 0.15) is 5.75 Å². The largest absolute Gasteiger partial charge is 0.508 e. The quantitative estimate of drug-likeness (QED) is 0.922. The second-order valence-corrected chi connectivity index (χ2v) is 7.60. The zero-order chi connectivity index (χ0) is 13.2. The zero-order valence-electron chi connectivity index (χ0n) is 10.2. The molecule has 1 N–H and O–H groups in total. The minimum absolute atomic E-state index is 0.0783. The first-order valence-electron chi connectivity index (χ1n) is 5.95. The zero-order valence-corrected chi connectivity index (χ0v) is 11.9. The van der Waals surface area contributed by atoms with E-state index in [1.165, 1.54) is 24.3 Å². The Morgan fingerprint density at radius 2 is 2.06 bits per heavy atom. The van der Waals surface area contributed by atoms with Gasteiger partial charge in [-0.25, -0.2) is 8.42 Å². The standard InChI is InChI=1S/C12H17NO3S2/c1-2-11-9-13(7-8-17-11)18(15,16)12-5-3-10(14)4-6-12/h3-6,11,14H,2,7-9H2,1H3. The van der Waals surface area contributed by atoms with Crippen LogP contribution in [0.5, 0.6) is 5.75 Å². The third-order valence-corrected chi connectivity index (χ3v) is 6.28. The average Bonchev–Trinajstić information content (AvgIpc) is 2.39. The molecule has 18 heavy (non-hydrogen) atoms. The molecule has 2 rings (SSSR count). The second-order valence-electron chi connectivity index (χ2n) is 4.26. The van der Waals surface area contributed by atoms with Crippen molar-refractivity contribution in [2.45, 2.75) is 23.5 Å². The summed E-state index contributed by atoms with van der Waals surface area (Å²) < 4.78 is 26.3. The molecule has 0 radical (unpaired) electrons. The van der Waals surface area contributed by atoms with Crippen LogP contribution >= 0.6 is 11.8 Å². The van der Waals surface area contributed by atoms with Crippen LogP contribution in [0.2, 0.25) is 0 Å². The van der Waals surface area contributed by atoms with Crippen LogP contribution in [0.3, 0.4) is 0 Å². The minimum Gasteiger partial charge on any atom is -0.508 e. The van der Waals surface area contributed by atoms with Crippen molar-refractivity contribution >= 4 is 21.8 Å². The Morgan fingerprint density at radius 1 is 1.39 bits per heavy atom. The van der Waals surface area contributed by atoms with E-state index in [1.54, 1.807) is 4.31 Å². The molecule has 0 spiro atoms. The lowest BCUT2D eigenvalue weighted by Gasteiger charge is -2.31. The molecule has 0 bridgehead atoms. The molecule has 0 saturated carbocycles. The highest BCUT2D eigenvalue weighted by Crippen LogP contribution is 2.26. The Balaban J connectivity index is 2.22. The first-order valence-corrected chi connectivity index (χ1v) is 8.43. The van der Waals surface area contributed by atoms with Gasteiger partial charge in [-0.05, 0) is 30.7 Å². The molecule has 1 aliphatic heterocycles. The molecule has 1 aromatic rings. The summed E-state index contributed by atoms with van der Waals surface area (Å²) in [4.78, 5) is 0.252. The van der Waals surface area contributed by atoms with Crippen molar-refractivity contribution in [3.05, 3.63) is 24.3 Å². The van der Waals surface area contributed by atoms with Gasteiger partial charge in [-0.3, -0.25) is 0 Å². The molecule has 1 fully saturated rings. The monoisotopic (exact) mass is 287 g/mol. The van der Waals surface area contributed by atoms with E-state index in [0.717, 1.165) is 12.2 Å². The lowest BCUT2D eigenvalue weighted by Crippen LogP contribution is -2.41. The van der Waals surface area contributed by atoms with Crippen LogP contribution in [0.4, 0.5) is 0 Å². The van der Waals surface area contributed by atoms with Gasteiger partial charge in [-0.2, -0.15) is 16.1 Å². The van der Waals surface area contributed by atoms with E-state index in [4.69, 9.17) is 0 Å². The van der Waals surface area contributed by atoms with E-state index >= 15 is 0 Å². The third-order valence-electron chi connectivity index (χ3n) is 3.03. The second kappa shape index (κ2) is 5.50. The summed E-state index contributed by atoms with van der Waals surface area (Å²) in [7, 11) is -3.41. The molecule has 1 atom stereocenters. The van der Waals surface area contributed by atoms with E-state index in [-0.39, 0.29) is 10.6 Å². The van der Waals surface area contributed by atoms with Crippen LogP contribution in [-0.2, 0) is 10.0 Å². The Morgan fingerprint density at radius 3 is 2.67 bits per heavy atom. The van der Waals surface area contributed by atoms with Crippen molar-refractivity contribution in [1.29, 1.82) is 0 Å². The summed E-state index contributed by atoms with van der Waals surface area (Å²) in [6, 6.07) is 5.71. The fraction of sp³-hybridized carbons (Fsp3) is 0.500. The Kier molecular flexibility index (Phi) is 4.19. The molecule has 0 aliphatic carbocycles. The van der Waals surface area contributed by atoms with Gasteiger partial charge in [0.2, 0.25) is 10.0 Å². The number of hydrogen-bond acceptors (Lipinski definition) is 4. The maximum absolute atomic E-state index is 12.4. The van der Waals surface area contributed by atoms with Crippen LogP contribution in [0.1, 0.15) is 13.3 Å². The van der Waals surface area contributed by atoms with Gasteiger partial charge in [-0.15, -0.1) is 0 Å². The van der Waals surface area contributed by atoms with Gasteiger partial charge in [0.25, 0.3) is 0 Å². The fourth-order valence-corrected chi connectivity index (χ4v) is 4.80. The highest BCUT2D eigenvalue weighted by atomic mass is 32.2. The molecule has 6 heteroatoms. The lowest BCUT2D eigenvalue weighted by molar-refractivity contribution is 0.416. The maximum Gasteiger partial charge on any atom is 0.243 e. The highest BCUT2D eigenvalue weighted by Gasteiger charge is 2.29. The normalized spacial score (nSPS) is 21.9. The van der Waals surface area contributed by atoms with Crippen LogP contribution in [-0.4, -0.2) is 41.9 Å². The van der Waals surface area contributed by atoms with E-state index in [1.807, 2.05) is 11.8 Å². The first kappa shape index (κ1) is 13.7. The SMILES string of the molecule is CCC1CN(S(=O)(=O)c2ccc(O)cc2)CCS1. The Bertz CT molecular complexity index is 499. The Hall–Kier alpha value is -0.720. The molecule has 1 heterocycles. The number of rotatable bonds is 3. The van der Waals surface area contributed by atoms with E-state index in [9.17, 15) is 13.5 Å². The van der Waals surface area contributed by atoms with E-state index in [0.29, 0.717) is 18.3 Å². The number of phenolic OH excluding ortho intramolecular Hbond substituents is 1. The number of benzene rings is 1. The minimum atomic E-state index is -3.41. The number of aromatic hydroxyl groups is 1. The van der Waals surface area contributed by atoms with Gasteiger partial charge >= 0.3 is 0 Å². The predicted molar refractivity (Wildman–Crippen MR) is 73.4 cm³/mol. The van der Waals surface area contributed by atoms with Crippen molar-refractivity contribution in [2.24, 2.45) is 0 Å². The first-order chi connectivity index (χ1) is 8.54. The van der Waals surface area contributed by atoms with Crippen molar-refractivity contribution in [3.8, 4) is 5.75 Å². The molecule has 0 amide bonds. The van der Waals surface area contributed by atoms with E-state index < -0.39 is 10.0 Å². The van der Waals surface area contributed by atoms with Crippen LogP contribution in [0.25, 0.3) is 0 Å². The van der Waals surface area contributed by atoms with E-state index in [2.05, 4.69) is 6.92 Å². The Labute approximate surface area is 112 Å². The summed E-state index contributed by atoms with van der Waals surface area (Å²) in [6.45, 7) is 3.21. The fourth-order valence-electron chi connectivity index (χ4n) is 1.92. The summed E-state index contributed by atoms with van der Waals surface area (Å²) in [5, 5.41) is 9.58.